The van der Waals surface area contributed by atoms with Crippen molar-refractivity contribution in [2.75, 3.05) is 26.7 Å². The SMILES string of the molecule is CCCC(C(=O)OCC)N1CCN(C)C(=O)C1(C)C. The van der Waals surface area contributed by atoms with Crippen LogP contribution in [0.2, 0.25) is 0 Å². The number of hydrogen-bond donors (Lipinski definition) is 0. The first-order valence-corrected chi connectivity index (χ1v) is 7.05. The second-order valence-electron chi connectivity index (χ2n) is 5.54. The summed E-state index contributed by atoms with van der Waals surface area (Å²) in [6.45, 7) is 9.35. The van der Waals surface area contributed by atoms with Crippen molar-refractivity contribution in [3.05, 3.63) is 0 Å². The normalized spacial score (nSPS) is 21.3. The number of piperazine rings is 1. The maximum atomic E-state index is 12.3. The van der Waals surface area contributed by atoms with Crippen molar-refractivity contribution in [2.24, 2.45) is 0 Å². The van der Waals surface area contributed by atoms with Gasteiger partial charge in [0.2, 0.25) is 5.91 Å². The number of carbonyl (C=O) groups excluding carboxylic acids is 2. The van der Waals surface area contributed by atoms with Crippen LogP contribution in [-0.2, 0) is 14.3 Å². The predicted octanol–water partition coefficient (Wildman–Crippen LogP) is 1.27. The lowest BCUT2D eigenvalue weighted by Crippen LogP contribution is -2.66. The number of rotatable bonds is 5. The van der Waals surface area contributed by atoms with Crippen LogP contribution < -0.4 is 0 Å². The molecular weight excluding hydrogens is 244 g/mol. The van der Waals surface area contributed by atoms with Gasteiger partial charge in [0.05, 0.1) is 12.1 Å². The third kappa shape index (κ3) is 3.26. The average molecular weight is 270 g/mol. The number of likely N-dealkylation sites (N-methyl/N-ethyl adjacent to an activating group) is 1. The Balaban J connectivity index is 2.95. The fraction of sp³-hybridized carbons (Fsp3) is 0.857. The smallest absolute Gasteiger partial charge is 0.323 e. The van der Waals surface area contributed by atoms with Crippen molar-refractivity contribution in [1.29, 1.82) is 0 Å². The molecule has 110 valence electrons. The van der Waals surface area contributed by atoms with E-state index in [0.717, 1.165) is 12.8 Å². The Morgan fingerprint density at radius 3 is 2.53 bits per heavy atom. The van der Waals surface area contributed by atoms with Gasteiger partial charge in [-0.15, -0.1) is 0 Å². The van der Waals surface area contributed by atoms with E-state index in [4.69, 9.17) is 4.74 Å². The number of esters is 1. The van der Waals surface area contributed by atoms with Gasteiger partial charge in [-0.1, -0.05) is 13.3 Å². The van der Waals surface area contributed by atoms with Gasteiger partial charge in [0, 0.05) is 20.1 Å². The Labute approximate surface area is 115 Å². The molecule has 0 N–H and O–H groups in total. The fourth-order valence-corrected chi connectivity index (χ4v) is 2.69. The van der Waals surface area contributed by atoms with Gasteiger partial charge in [0.25, 0.3) is 0 Å². The summed E-state index contributed by atoms with van der Waals surface area (Å²) in [4.78, 5) is 28.1. The zero-order chi connectivity index (χ0) is 14.6. The minimum Gasteiger partial charge on any atom is -0.465 e. The zero-order valence-electron chi connectivity index (χ0n) is 12.7. The Hall–Kier alpha value is -1.10. The van der Waals surface area contributed by atoms with Crippen LogP contribution in [0.4, 0.5) is 0 Å². The molecular formula is C14H26N2O3. The Kier molecular flexibility index (Phi) is 5.35. The molecule has 1 aliphatic rings. The highest BCUT2D eigenvalue weighted by Gasteiger charge is 2.45. The molecule has 1 aliphatic heterocycles. The topological polar surface area (TPSA) is 49.9 Å². The van der Waals surface area contributed by atoms with Crippen molar-refractivity contribution >= 4 is 11.9 Å². The monoisotopic (exact) mass is 270 g/mol. The largest absolute Gasteiger partial charge is 0.465 e. The molecule has 1 fully saturated rings. The lowest BCUT2D eigenvalue weighted by atomic mass is 9.94. The average Bonchev–Trinajstić information content (AvgIpc) is 2.35. The molecule has 1 unspecified atom stereocenters. The van der Waals surface area contributed by atoms with Crippen molar-refractivity contribution in [1.82, 2.24) is 9.80 Å². The van der Waals surface area contributed by atoms with Crippen LogP contribution in [0.3, 0.4) is 0 Å². The minimum absolute atomic E-state index is 0.0594. The highest BCUT2D eigenvalue weighted by Crippen LogP contribution is 2.26. The molecule has 0 radical (unpaired) electrons. The van der Waals surface area contributed by atoms with Crippen LogP contribution in [0.5, 0.6) is 0 Å². The summed E-state index contributed by atoms with van der Waals surface area (Å²) in [6.07, 6.45) is 1.61. The summed E-state index contributed by atoms with van der Waals surface area (Å²) in [5.41, 5.74) is -0.653. The second kappa shape index (κ2) is 6.37. The molecule has 1 saturated heterocycles. The van der Waals surface area contributed by atoms with E-state index in [1.165, 1.54) is 0 Å². The van der Waals surface area contributed by atoms with Gasteiger partial charge < -0.3 is 9.64 Å². The predicted molar refractivity (Wildman–Crippen MR) is 73.8 cm³/mol. The fourth-order valence-electron chi connectivity index (χ4n) is 2.69. The van der Waals surface area contributed by atoms with Crippen molar-refractivity contribution < 1.29 is 14.3 Å². The number of hydrogen-bond acceptors (Lipinski definition) is 4. The summed E-state index contributed by atoms with van der Waals surface area (Å²) in [5.74, 6) is -0.154. The number of carbonyl (C=O) groups is 2. The summed E-state index contributed by atoms with van der Waals surface area (Å²) < 4.78 is 5.16. The van der Waals surface area contributed by atoms with Gasteiger partial charge in [-0.05, 0) is 27.2 Å². The molecule has 0 aliphatic carbocycles. The maximum absolute atomic E-state index is 12.3. The zero-order valence-corrected chi connectivity index (χ0v) is 12.7. The quantitative estimate of drug-likeness (QED) is 0.706. The third-order valence-corrected chi connectivity index (χ3v) is 3.76. The molecule has 19 heavy (non-hydrogen) atoms. The Bertz CT molecular complexity index is 342. The molecule has 5 heteroatoms. The molecule has 0 bridgehead atoms. The molecule has 0 aromatic carbocycles. The molecule has 5 nitrogen and oxygen atoms in total. The molecule has 1 atom stereocenters. The standard InChI is InChI=1S/C14H26N2O3/c1-6-8-11(12(17)19-7-2)16-10-9-15(5)13(18)14(16,3)4/h11H,6-10H2,1-5H3. The summed E-state index contributed by atoms with van der Waals surface area (Å²) in [6, 6.07) is -0.322. The second-order valence-corrected chi connectivity index (χ2v) is 5.54. The maximum Gasteiger partial charge on any atom is 0.323 e. The van der Waals surface area contributed by atoms with E-state index in [-0.39, 0.29) is 17.9 Å². The first-order chi connectivity index (χ1) is 8.86. The van der Waals surface area contributed by atoms with Gasteiger partial charge in [-0.2, -0.15) is 0 Å². The molecule has 1 amide bonds. The number of ether oxygens (including phenoxy) is 1. The molecule has 0 spiro atoms. The van der Waals surface area contributed by atoms with Crippen LogP contribution in [0.25, 0.3) is 0 Å². The van der Waals surface area contributed by atoms with Gasteiger partial charge in [-0.25, -0.2) is 0 Å². The van der Waals surface area contributed by atoms with Gasteiger partial charge in [0.1, 0.15) is 6.04 Å². The number of nitrogens with zero attached hydrogens (tertiary/aromatic N) is 2. The van der Waals surface area contributed by atoms with Gasteiger partial charge >= 0.3 is 5.97 Å². The highest BCUT2D eigenvalue weighted by molar-refractivity contribution is 5.87. The van der Waals surface area contributed by atoms with Crippen molar-refractivity contribution in [2.45, 2.75) is 52.1 Å². The highest BCUT2D eigenvalue weighted by atomic mass is 16.5. The van der Waals surface area contributed by atoms with E-state index in [2.05, 4.69) is 0 Å². The summed E-state index contributed by atoms with van der Waals surface area (Å²) >= 11 is 0. The lowest BCUT2D eigenvalue weighted by molar-refractivity contribution is -0.161. The van der Waals surface area contributed by atoms with Crippen molar-refractivity contribution in [3.8, 4) is 0 Å². The lowest BCUT2D eigenvalue weighted by Gasteiger charge is -2.47. The van der Waals surface area contributed by atoms with Gasteiger partial charge in [0.15, 0.2) is 0 Å². The molecule has 1 heterocycles. The molecule has 0 aromatic heterocycles. The number of amides is 1. The molecule has 1 rings (SSSR count). The van der Waals surface area contributed by atoms with E-state index in [0.29, 0.717) is 19.7 Å². The minimum atomic E-state index is -0.653. The van der Waals surface area contributed by atoms with Crippen LogP contribution in [0.1, 0.15) is 40.5 Å². The van der Waals surface area contributed by atoms with E-state index < -0.39 is 5.54 Å². The first kappa shape index (κ1) is 16.0. The molecule has 0 saturated carbocycles. The van der Waals surface area contributed by atoms with Crippen molar-refractivity contribution in [3.63, 3.8) is 0 Å². The van der Waals surface area contributed by atoms with Crippen LogP contribution in [0.15, 0.2) is 0 Å². The van der Waals surface area contributed by atoms with Crippen LogP contribution >= 0.6 is 0 Å². The Morgan fingerprint density at radius 1 is 1.37 bits per heavy atom. The van der Waals surface area contributed by atoms with Gasteiger partial charge in [-0.3, -0.25) is 14.5 Å². The van der Waals surface area contributed by atoms with E-state index in [1.54, 1.807) is 18.9 Å². The van der Waals surface area contributed by atoms with E-state index in [9.17, 15) is 9.59 Å². The Morgan fingerprint density at radius 2 is 2.00 bits per heavy atom. The third-order valence-electron chi connectivity index (χ3n) is 3.76. The van der Waals surface area contributed by atoms with E-state index in [1.807, 2.05) is 25.7 Å². The first-order valence-electron chi connectivity index (χ1n) is 7.05. The summed E-state index contributed by atoms with van der Waals surface area (Å²) in [5, 5.41) is 0. The summed E-state index contributed by atoms with van der Waals surface area (Å²) in [7, 11) is 1.81. The molecule has 0 aromatic rings. The van der Waals surface area contributed by atoms with Crippen LogP contribution in [-0.4, -0.2) is 60.0 Å². The van der Waals surface area contributed by atoms with Crippen LogP contribution in [0, 0.1) is 0 Å². The van der Waals surface area contributed by atoms with E-state index >= 15 is 0 Å².